The molecule has 0 unspecified atom stereocenters. The van der Waals surface area contributed by atoms with Crippen LogP contribution in [0.2, 0.25) is 0 Å². The normalized spacial score (nSPS) is 11.1. The van der Waals surface area contributed by atoms with Crippen LogP contribution in [-0.4, -0.2) is 33.4 Å². The second kappa shape index (κ2) is 7.31. The minimum Gasteiger partial charge on any atom is -0.395 e. The zero-order valence-electron chi connectivity index (χ0n) is 13.3. The molecule has 0 radical (unpaired) electrons. The van der Waals surface area contributed by atoms with Crippen molar-refractivity contribution < 1.29 is 5.11 Å². The number of hydrogen-bond donors (Lipinski definition) is 2. The molecule has 0 aliphatic carbocycles. The number of aliphatic hydroxyl groups is 1. The molecular formula is C14H26N4O3. The molecule has 7 heteroatoms. The van der Waals surface area contributed by atoms with Crippen molar-refractivity contribution in [2.45, 2.75) is 46.2 Å². The Balaban J connectivity index is 3.54. The van der Waals surface area contributed by atoms with Gasteiger partial charge < -0.3 is 15.7 Å². The topological polar surface area (TPSA) is 93.5 Å². The van der Waals surface area contributed by atoms with Crippen LogP contribution in [0, 0.1) is 0 Å². The zero-order chi connectivity index (χ0) is 16.2. The van der Waals surface area contributed by atoms with Gasteiger partial charge in [-0.2, -0.15) is 0 Å². The Labute approximate surface area is 124 Å². The summed E-state index contributed by atoms with van der Waals surface area (Å²) in [6, 6.07) is -0.00993. The van der Waals surface area contributed by atoms with Crippen molar-refractivity contribution in [1.29, 1.82) is 0 Å². The summed E-state index contributed by atoms with van der Waals surface area (Å²) in [5.41, 5.74) is 5.55. The molecule has 7 nitrogen and oxygen atoms in total. The third-order valence-corrected chi connectivity index (χ3v) is 3.55. The Bertz CT molecular complexity index is 589. The van der Waals surface area contributed by atoms with Gasteiger partial charge in [-0.3, -0.25) is 13.9 Å². The van der Waals surface area contributed by atoms with Crippen LogP contribution in [0.25, 0.3) is 0 Å². The van der Waals surface area contributed by atoms with Crippen molar-refractivity contribution in [3.63, 3.8) is 0 Å². The van der Waals surface area contributed by atoms with Crippen molar-refractivity contribution >= 4 is 11.5 Å². The molecule has 1 rings (SSSR count). The molecule has 3 N–H and O–H groups in total. The Morgan fingerprint density at radius 1 is 1.33 bits per heavy atom. The smallest absolute Gasteiger partial charge is 0.332 e. The van der Waals surface area contributed by atoms with E-state index in [9.17, 15) is 14.7 Å². The molecule has 120 valence electrons. The van der Waals surface area contributed by atoms with Gasteiger partial charge in [-0.15, -0.1) is 0 Å². The van der Waals surface area contributed by atoms with Crippen LogP contribution in [-0.2, 0) is 13.6 Å². The zero-order valence-corrected chi connectivity index (χ0v) is 13.3. The number of nitrogens with two attached hydrogens (primary N) is 1. The second-order valence-electron chi connectivity index (χ2n) is 5.40. The molecule has 0 bridgehead atoms. The quantitative estimate of drug-likeness (QED) is 0.746. The van der Waals surface area contributed by atoms with Crippen molar-refractivity contribution in [2.75, 3.05) is 23.8 Å². The van der Waals surface area contributed by atoms with E-state index in [0.717, 1.165) is 17.4 Å². The Morgan fingerprint density at radius 2 is 1.95 bits per heavy atom. The maximum atomic E-state index is 12.4. The Hall–Kier alpha value is -1.76. The standard InChI is InChI=1S/C14H26N4O3/c1-5-6-7-18-12(15)11(13(20)16(4)14(18)21)17(8-9-19)10(2)3/h10,19H,5-9,15H2,1-4H3. The van der Waals surface area contributed by atoms with E-state index >= 15 is 0 Å². The van der Waals surface area contributed by atoms with Crippen LogP contribution in [0.1, 0.15) is 33.6 Å². The molecule has 1 aromatic heterocycles. The van der Waals surface area contributed by atoms with E-state index in [-0.39, 0.29) is 24.2 Å². The lowest BCUT2D eigenvalue weighted by atomic mass is 10.2. The Morgan fingerprint density at radius 3 is 2.43 bits per heavy atom. The lowest BCUT2D eigenvalue weighted by molar-refractivity contribution is 0.298. The minimum atomic E-state index is -0.424. The number of aromatic nitrogens is 2. The highest BCUT2D eigenvalue weighted by Crippen LogP contribution is 2.19. The van der Waals surface area contributed by atoms with Crippen LogP contribution in [0.3, 0.4) is 0 Å². The average molecular weight is 298 g/mol. The number of unbranched alkanes of at least 4 members (excludes halogenated alkanes) is 1. The molecule has 21 heavy (non-hydrogen) atoms. The molecule has 0 amide bonds. The molecule has 0 fully saturated rings. The van der Waals surface area contributed by atoms with Gasteiger partial charge in [0, 0.05) is 26.2 Å². The van der Waals surface area contributed by atoms with Gasteiger partial charge >= 0.3 is 5.69 Å². The first-order chi connectivity index (χ1) is 9.86. The number of aliphatic hydroxyl groups excluding tert-OH is 1. The summed E-state index contributed by atoms with van der Waals surface area (Å²) in [4.78, 5) is 26.3. The molecule has 0 saturated carbocycles. The average Bonchev–Trinajstić information content (AvgIpc) is 2.44. The van der Waals surface area contributed by atoms with E-state index < -0.39 is 11.2 Å². The van der Waals surface area contributed by atoms with E-state index in [0.29, 0.717) is 13.1 Å². The first-order valence-corrected chi connectivity index (χ1v) is 7.33. The van der Waals surface area contributed by atoms with Gasteiger partial charge in [-0.1, -0.05) is 13.3 Å². The summed E-state index contributed by atoms with van der Waals surface area (Å²) in [5, 5.41) is 9.20. The van der Waals surface area contributed by atoms with E-state index in [1.165, 1.54) is 11.6 Å². The van der Waals surface area contributed by atoms with Gasteiger partial charge in [-0.25, -0.2) is 4.79 Å². The summed E-state index contributed by atoms with van der Waals surface area (Å²) in [6.07, 6.45) is 1.73. The van der Waals surface area contributed by atoms with Crippen LogP contribution in [0.5, 0.6) is 0 Å². The summed E-state index contributed by atoms with van der Waals surface area (Å²) in [7, 11) is 1.45. The highest BCUT2D eigenvalue weighted by molar-refractivity contribution is 5.63. The van der Waals surface area contributed by atoms with E-state index in [1.54, 1.807) is 4.90 Å². The summed E-state index contributed by atoms with van der Waals surface area (Å²) in [5.74, 6) is 0.179. The van der Waals surface area contributed by atoms with Crippen molar-refractivity contribution in [3.8, 4) is 0 Å². The van der Waals surface area contributed by atoms with E-state index in [1.807, 2.05) is 20.8 Å². The van der Waals surface area contributed by atoms with E-state index in [4.69, 9.17) is 5.73 Å². The molecule has 0 atom stereocenters. The number of anilines is 2. The maximum Gasteiger partial charge on any atom is 0.332 e. The summed E-state index contributed by atoms with van der Waals surface area (Å²) >= 11 is 0. The molecule has 1 aromatic rings. The van der Waals surface area contributed by atoms with Gasteiger partial charge in [0.2, 0.25) is 0 Å². The molecule has 1 heterocycles. The predicted octanol–water partition coefficient (Wildman–Crippen LogP) is 0.136. The van der Waals surface area contributed by atoms with Crippen LogP contribution < -0.4 is 21.9 Å². The molecule has 0 aromatic carbocycles. The maximum absolute atomic E-state index is 12.4. The van der Waals surface area contributed by atoms with Gasteiger partial charge in [-0.05, 0) is 20.3 Å². The second-order valence-corrected chi connectivity index (χ2v) is 5.40. The largest absolute Gasteiger partial charge is 0.395 e. The van der Waals surface area contributed by atoms with Gasteiger partial charge in [0.05, 0.1) is 6.61 Å². The number of hydrogen-bond acceptors (Lipinski definition) is 5. The fourth-order valence-corrected chi connectivity index (χ4v) is 2.31. The highest BCUT2D eigenvalue weighted by atomic mass is 16.3. The van der Waals surface area contributed by atoms with Gasteiger partial charge in [0.15, 0.2) is 0 Å². The fraction of sp³-hybridized carbons (Fsp3) is 0.714. The molecular weight excluding hydrogens is 272 g/mol. The van der Waals surface area contributed by atoms with Crippen LogP contribution >= 0.6 is 0 Å². The van der Waals surface area contributed by atoms with Gasteiger partial charge in [0.25, 0.3) is 5.56 Å². The summed E-state index contributed by atoms with van der Waals surface area (Å²) < 4.78 is 2.51. The summed E-state index contributed by atoms with van der Waals surface area (Å²) in [6.45, 7) is 6.54. The molecule has 0 spiro atoms. The lowest BCUT2D eigenvalue weighted by Gasteiger charge is -2.29. The molecule has 0 aliphatic heterocycles. The van der Waals surface area contributed by atoms with E-state index in [2.05, 4.69) is 0 Å². The molecule has 0 saturated heterocycles. The first-order valence-electron chi connectivity index (χ1n) is 7.33. The van der Waals surface area contributed by atoms with Crippen LogP contribution in [0.15, 0.2) is 9.59 Å². The minimum absolute atomic E-state index is 0.00993. The van der Waals surface area contributed by atoms with Crippen molar-refractivity contribution in [3.05, 3.63) is 20.8 Å². The monoisotopic (exact) mass is 298 g/mol. The predicted molar refractivity (Wildman–Crippen MR) is 84.8 cm³/mol. The molecule has 0 aliphatic rings. The van der Waals surface area contributed by atoms with Crippen molar-refractivity contribution in [1.82, 2.24) is 9.13 Å². The highest BCUT2D eigenvalue weighted by Gasteiger charge is 2.22. The number of rotatable bonds is 7. The SMILES string of the molecule is CCCCn1c(N)c(N(CCO)C(C)C)c(=O)n(C)c1=O. The van der Waals surface area contributed by atoms with Gasteiger partial charge in [0.1, 0.15) is 11.5 Å². The van der Waals surface area contributed by atoms with Crippen LogP contribution in [0.4, 0.5) is 11.5 Å². The first kappa shape index (κ1) is 17.3. The third kappa shape index (κ3) is 3.47. The lowest BCUT2D eigenvalue weighted by Crippen LogP contribution is -2.46. The Kier molecular flexibility index (Phi) is 6.02. The third-order valence-electron chi connectivity index (χ3n) is 3.55. The number of nitrogen functional groups attached to an aromatic ring is 1. The van der Waals surface area contributed by atoms with Crippen molar-refractivity contribution in [2.24, 2.45) is 7.05 Å². The number of nitrogens with zero attached hydrogens (tertiary/aromatic N) is 3. The fourth-order valence-electron chi connectivity index (χ4n) is 2.31.